The predicted molar refractivity (Wildman–Crippen MR) is 120 cm³/mol. The van der Waals surface area contributed by atoms with E-state index < -0.39 is 5.41 Å². The number of rotatable bonds is 5. The van der Waals surface area contributed by atoms with Crippen molar-refractivity contribution in [1.82, 2.24) is 10.2 Å². The van der Waals surface area contributed by atoms with Crippen molar-refractivity contribution in [2.45, 2.75) is 63.2 Å². The number of fused-ring (bicyclic) bond motifs is 2. The van der Waals surface area contributed by atoms with Gasteiger partial charge < -0.3 is 10.1 Å². The van der Waals surface area contributed by atoms with E-state index in [0.717, 1.165) is 82.1 Å². The van der Waals surface area contributed by atoms with Crippen LogP contribution in [0.3, 0.4) is 0 Å². The summed E-state index contributed by atoms with van der Waals surface area (Å²) in [6.45, 7) is 2.64. The average molecular weight is 440 g/mol. The molecule has 0 aromatic heterocycles. The molecule has 1 saturated heterocycles. The van der Waals surface area contributed by atoms with Crippen molar-refractivity contribution in [3.8, 4) is 0 Å². The van der Waals surface area contributed by atoms with E-state index in [4.69, 9.17) is 4.74 Å². The van der Waals surface area contributed by atoms with Crippen LogP contribution in [0.15, 0.2) is 24.3 Å². The lowest BCUT2D eigenvalue weighted by molar-refractivity contribution is -0.157. The van der Waals surface area contributed by atoms with E-state index >= 15 is 0 Å². The highest BCUT2D eigenvalue weighted by atomic mass is 16.5. The Kier molecular flexibility index (Phi) is 5.93. The summed E-state index contributed by atoms with van der Waals surface area (Å²) in [4.78, 5) is 41.9. The van der Waals surface area contributed by atoms with Gasteiger partial charge in [0, 0.05) is 19.6 Å². The summed E-state index contributed by atoms with van der Waals surface area (Å²) in [6, 6.07) is 7.46. The maximum absolute atomic E-state index is 13.3. The normalized spacial score (nSPS) is 23.2. The zero-order valence-electron chi connectivity index (χ0n) is 18.7. The van der Waals surface area contributed by atoms with Crippen LogP contribution in [0.2, 0.25) is 0 Å². The first-order chi connectivity index (χ1) is 15.6. The van der Waals surface area contributed by atoms with Gasteiger partial charge in [-0.3, -0.25) is 14.5 Å². The molecule has 0 unspecified atom stereocenters. The molecule has 1 aromatic rings. The van der Waals surface area contributed by atoms with Crippen LogP contribution in [-0.4, -0.2) is 49.2 Å². The molecule has 2 saturated carbocycles. The number of para-hydroxylation sites is 1. The molecule has 2 aliphatic heterocycles. The van der Waals surface area contributed by atoms with Crippen molar-refractivity contribution in [2.75, 3.05) is 31.3 Å². The number of urea groups is 1. The summed E-state index contributed by atoms with van der Waals surface area (Å²) in [5.41, 5.74) is 1.26. The van der Waals surface area contributed by atoms with E-state index in [-0.39, 0.29) is 23.8 Å². The van der Waals surface area contributed by atoms with E-state index in [9.17, 15) is 14.4 Å². The molecule has 5 rings (SSSR count). The number of amides is 3. The first-order valence-electron chi connectivity index (χ1n) is 12.2. The topological polar surface area (TPSA) is 79.0 Å². The van der Waals surface area contributed by atoms with Gasteiger partial charge in [-0.05, 0) is 56.1 Å². The molecule has 2 aliphatic carbocycles. The highest BCUT2D eigenvalue weighted by molar-refractivity contribution is 6.22. The number of piperidine rings is 1. The van der Waals surface area contributed by atoms with Gasteiger partial charge in [-0.1, -0.05) is 37.5 Å². The van der Waals surface area contributed by atoms with Crippen LogP contribution in [0, 0.1) is 11.8 Å². The second-order valence-corrected chi connectivity index (χ2v) is 9.91. The van der Waals surface area contributed by atoms with Crippen LogP contribution in [-0.2, 0) is 19.7 Å². The third-order valence-corrected chi connectivity index (χ3v) is 8.01. The lowest BCUT2D eigenvalue weighted by Gasteiger charge is -2.32. The molecule has 1 spiro atoms. The minimum Gasteiger partial charge on any atom is -0.449 e. The number of carbonyl (C=O) groups excluding carboxylic acids is 3. The number of hydrogen-bond acceptors (Lipinski definition) is 5. The molecular weight excluding hydrogens is 406 g/mol. The quantitative estimate of drug-likeness (QED) is 0.710. The lowest BCUT2D eigenvalue weighted by atomic mass is 9.80. The smallest absolute Gasteiger partial charge is 0.328 e. The molecule has 32 heavy (non-hydrogen) atoms. The molecule has 2 heterocycles. The summed E-state index contributed by atoms with van der Waals surface area (Å²) in [5, 5.41) is 3.03. The zero-order valence-corrected chi connectivity index (χ0v) is 18.7. The standard InChI is InChI=1S/C25H33N3O4/c29-22(19-6-5-7-19)32-17-27-14-10-18(11-15-27)16-26-24(31)28-21-9-2-1-8-20(21)25(23(28)30)12-3-4-13-25/h1-2,8-9,18-19H,3-7,10-17H2,(H,26,31). The largest absolute Gasteiger partial charge is 0.449 e. The van der Waals surface area contributed by atoms with Crippen molar-refractivity contribution >= 4 is 23.6 Å². The molecular formula is C25H33N3O4. The zero-order chi connectivity index (χ0) is 22.1. The van der Waals surface area contributed by atoms with Crippen LogP contribution in [0.25, 0.3) is 0 Å². The molecule has 3 fully saturated rings. The molecule has 172 valence electrons. The maximum Gasteiger partial charge on any atom is 0.328 e. The van der Waals surface area contributed by atoms with Gasteiger partial charge in [0.05, 0.1) is 17.0 Å². The molecule has 1 aromatic carbocycles. The Hall–Kier alpha value is -2.41. The summed E-state index contributed by atoms with van der Waals surface area (Å²) in [5.74, 6) is 0.369. The van der Waals surface area contributed by atoms with Gasteiger partial charge in [0.25, 0.3) is 0 Å². The Morgan fingerprint density at radius 1 is 1.03 bits per heavy atom. The summed E-state index contributed by atoms with van der Waals surface area (Å²) < 4.78 is 5.45. The summed E-state index contributed by atoms with van der Waals surface area (Å²) in [7, 11) is 0. The van der Waals surface area contributed by atoms with Gasteiger partial charge in [-0.25, -0.2) is 9.69 Å². The maximum atomic E-state index is 13.3. The molecule has 7 heteroatoms. The van der Waals surface area contributed by atoms with E-state index in [0.29, 0.717) is 19.2 Å². The van der Waals surface area contributed by atoms with Crippen molar-refractivity contribution in [2.24, 2.45) is 11.8 Å². The predicted octanol–water partition coefficient (Wildman–Crippen LogP) is 3.57. The number of hydrogen-bond donors (Lipinski definition) is 1. The highest BCUT2D eigenvalue weighted by Crippen LogP contribution is 2.51. The van der Waals surface area contributed by atoms with Crippen LogP contribution < -0.4 is 10.2 Å². The average Bonchev–Trinajstić information content (AvgIpc) is 3.35. The van der Waals surface area contributed by atoms with Gasteiger partial charge >= 0.3 is 12.0 Å². The Morgan fingerprint density at radius 3 is 2.44 bits per heavy atom. The van der Waals surface area contributed by atoms with Crippen molar-refractivity contribution in [3.05, 3.63) is 29.8 Å². The van der Waals surface area contributed by atoms with Gasteiger partial charge in [0.2, 0.25) is 5.91 Å². The molecule has 0 atom stereocenters. The number of nitrogens with zero attached hydrogens (tertiary/aromatic N) is 2. The number of carbonyl (C=O) groups is 3. The molecule has 0 bridgehead atoms. The summed E-state index contributed by atoms with van der Waals surface area (Å²) >= 11 is 0. The van der Waals surface area contributed by atoms with Crippen LogP contribution in [0.4, 0.5) is 10.5 Å². The Labute approximate surface area is 189 Å². The lowest BCUT2D eigenvalue weighted by Crippen LogP contribution is -2.48. The van der Waals surface area contributed by atoms with Crippen molar-refractivity contribution in [3.63, 3.8) is 0 Å². The molecule has 0 radical (unpaired) electrons. The summed E-state index contributed by atoms with van der Waals surface area (Å²) in [6.07, 6.45) is 8.66. The van der Waals surface area contributed by atoms with E-state index in [1.54, 1.807) is 0 Å². The second-order valence-electron chi connectivity index (χ2n) is 9.91. The van der Waals surface area contributed by atoms with Crippen LogP contribution in [0.5, 0.6) is 0 Å². The van der Waals surface area contributed by atoms with Gasteiger partial charge in [0.1, 0.15) is 6.73 Å². The van der Waals surface area contributed by atoms with Crippen LogP contribution >= 0.6 is 0 Å². The minimum absolute atomic E-state index is 0.0544. The molecule has 4 aliphatic rings. The molecule has 1 N–H and O–H groups in total. The monoisotopic (exact) mass is 439 g/mol. The van der Waals surface area contributed by atoms with Gasteiger partial charge in [-0.2, -0.15) is 0 Å². The number of likely N-dealkylation sites (tertiary alicyclic amines) is 1. The van der Waals surface area contributed by atoms with E-state index in [1.165, 1.54) is 4.90 Å². The van der Waals surface area contributed by atoms with Crippen molar-refractivity contribution < 1.29 is 19.1 Å². The fourth-order valence-electron chi connectivity index (χ4n) is 5.72. The Morgan fingerprint density at radius 2 is 1.75 bits per heavy atom. The van der Waals surface area contributed by atoms with Crippen LogP contribution in [0.1, 0.15) is 63.4 Å². The third-order valence-electron chi connectivity index (χ3n) is 8.01. The minimum atomic E-state index is -0.504. The number of nitrogens with one attached hydrogen (secondary N) is 1. The second kappa shape index (κ2) is 8.85. The SMILES string of the molecule is O=C(OCN1CCC(CNC(=O)N2C(=O)C3(CCCC3)c3ccccc32)CC1)C1CCC1. The third kappa shape index (κ3) is 3.81. The Balaban J connectivity index is 1.12. The fraction of sp³-hybridized carbons (Fsp3) is 0.640. The number of anilines is 1. The van der Waals surface area contributed by atoms with E-state index in [1.807, 2.05) is 24.3 Å². The van der Waals surface area contributed by atoms with E-state index in [2.05, 4.69) is 10.2 Å². The number of ether oxygens (including phenoxy) is 1. The van der Waals surface area contributed by atoms with Gasteiger partial charge in [-0.15, -0.1) is 0 Å². The molecule has 3 amide bonds. The molecule has 7 nitrogen and oxygen atoms in total. The highest BCUT2D eigenvalue weighted by Gasteiger charge is 2.53. The number of esters is 1. The van der Waals surface area contributed by atoms with Gasteiger partial charge in [0.15, 0.2) is 0 Å². The fourth-order valence-corrected chi connectivity index (χ4v) is 5.72. The Bertz CT molecular complexity index is 883. The number of benzene rings is 1. The first kappa shape index (κ1) is 21.4. The number of imide groups is 1. The first-order valence-corrected chi connectivity index (χ1v) is 12.2. The van der Waals surface area contributed by atoms with Crippen molar-refractivity contribution in [1.29, 1.82) is 0 Å².